The molecule has 1 aromatic carbocycles. The number of hydrogen-bond acceptors (Lipinski definition) is 3. The minimum absolute atomic E-state index is 0.251. The highest BCUT2D eigenvalue weighted by molar-refractivity contribution is 5.78. The highest BCUT2D eigenvalue weighted by Gasteiger charge is 2.08. The van der Waals surface area contributed by atoms with Crippen molar-refractivity contribution in [1.29, 1.82) is 0 Å². The quantitative estimate of drug-likeness (QED) is 0.766. The van der Waals surface area contributed by atoms with Crippen LogP contribution in [0.3, 0.4) is 0 Å². The molecule has 0 aliphatic rings. The zero-order valence-electron chi connectivity index (χ0n) is 9.53. The lowest BCUT2D eigenvalue weighted by molar-refractivity contribution is -0.143. The number of carbonyl (C=O) groups excluding carboxylic acids is 1. The standard InChI is InChI=1S/C13H13FO3/c1-2-16-13(15)6-4-11-8-9-7-10(14)3-5-12(9)17-11/h3,5,7-8H,2,4,6H2,1H3. The molecule has 0 N–H and O–H groups in total. The highest BCUT2D eigenvalue weighted by Crippen LogP contribution is 2.21. The van der Waals surface area contributed by atoms with Crippen LogP contribution in [0.5, 0.6) is 0 Å². The number of ether oxygens (including phenoxy) is 1. The SMILES string of the molecule is CCOC(=O)CCc1cc2cc(F)ccc2o1. The van der Waals surface area contributed by atoms with Crippen LogP contribution in [0.1, 0.15) is 19.1 Å². The molecule has 2 rings (SSSR count). The Bertz CT molecular complexity index is 530. The van der Waals surface area contributed by atoms with E-state index in [-0.39, 0.29) is 18.2 Å². The molecule has 0 aliphatic carbocycles. The van der Waals surface area contributed by atoms with E-state index in [9.17, 15) is 9.18 Å². The lowest BCUT2D eigenvalue weighted by Gasteiger charge is -1.98. The minimum Gasteiger partial charge on any atom is -0.466 e. The van der Waals surface area contributed by atoms with E-state index in [2.05, 4.69) is 0 Å². The monoisotopic (exact) mass is 236 g/mol. The smallest absolute Gasteiger partial charge is 0.306 e. The molecule has 0 radical (unpaired) electrons. The number of benzene rings is 1. The number of aryl methyl sites for hydroxylation is 1. The van der Waals surface area contributed by atoms with E-state index in [0.29, 0.717) is 29.8 Å². The fraction of sp³-hybridized carbons (Fsp3) is 0.308. The predicted molar refractivity (Wildman–Crippen MR) is 61.1 cm³/mol. The van der Waals surface area contributed by atoms with Gasteiger partial charge in [-0.15, -0.1) is 0 Å². The van der Waals surface area contributed by atoms with Gasteiger partial charge >= 0.3 is 5.97 Å². The Kier molecular flexibility index (Phi) is 3.42. The molecule has 0 spiro atoms. The van der Waals surface area contributed by atoms with E-state index < -0.39 is 0 Å². The molecule has 0 unspecified atom stereocenters. The molecule has 0 amide bonds. The third kappa shape index (κ3) is 2.84. The molecule has 0 saturated heterocycles. The van der Waals surface area contributed by atoms with Gasteiger partial charge in [0.25, 0.3) is 0 Å². The van der Waals surface area contributed by atoms with E-state index in [1.54, 1.807) is 19.1 Å². The predicted octanol–water partition coefficient (Wildman–Crippen LogP) is 3.07. The molecular formula is C13H13FO3. The summed E-state index contributed by atoms with van der Waals surface area (Å²) >= 11 is 0. The summed E-state index contributed by atoms with van der Waals surface area (Å²) < 4.78 is 23.2. The third-order valence-electron chi connectivity index (χ3n) is 2.41. The van der Waals surface area contributed by atoms with Crippen LogP contribution in [-0.2, 0) is 16.0 Å². The van der Waals surface area contributed by atoms with Gasteiger partial charge in [0.2, 0.25) is 0 Å². The zero-order chi connectivity index (χ0) is 12.3. The molecule has 3 nitrogen and oxygen atoms in total. The maximum atomic E-state index is 12.9. The molecule has 1 heterocycles. The van der Waals surface area contributed by atoms with Crippen LogP contribution >= 0.6 is 0 Å². The van der Waals surface area contributed by atoms with Crippen molar-refractivity contribution >= 4 is 16.9 Å². The number of carbonyl (C=O) groups is 1. The van der Waals surface area contributed by atoms with Crippen molar-refractivity contribution < 1.29 is 18.3 Å². The Morgan fingerprint density at radius 1 is 1.41 bits per heavy atom. The molecule has 90 valence electrons. The van der Waals surface area contributed by atoms with Crippen molar-refractivity contribution in [3.63, 3.8) is 0 Å². The first-order valence-corrected chi connectivity index (χ1v) is 5.52. The van der Waals surface area contributed by atoms with E-state index in [1.807, 2.05) is 0 Å². The van der Waals surface area contributed by atoms with Gasteiger partial charge in [-0.3, -0.25) is 4.79 Å². The van der Waals surface area contributed by atoms with E-state index in [4.69, 9.17) is 9.15 Å². The Labute approximate surface area is 98.2 Å². The molecular weight excluding hydrogens is 223 g/mol. The van der Waals surface area contributed by atoms with Crippen LogP contribution in [0.15, 0.2) is 28.7 Å². The normalized spacial score (nSPS) is 10.7. The first kappa shape index (κ1) is 11.6. The molecule has 4 heteroatoms. The summed E-state index contributed by atoms with van der Waals surface area (Å²) in [5.74, 6) is 0.119. The van der Waals surface area contributed by atoms with Crippen LogP contribution in [0.25, 0.3) is 11.0 Å². The summed E-state index contributed by atoms with van der Waals surface area (Å²) in [4.78, 5) is 11.2. The topological polar surface area (TPSA) is 39.4 Å². The number of rotatable bonds is 4. The van der Waals surface area contributed by atoms with Crippen LogP contribution in [0.2, 0.25) is 0 Å². The molecule has 2 aromatic rings. The summed E-state index contributed by atoms with van der Waals surface area (Å²) in [5, 5.41) is 0.712. The third-order valence-corrected chi connectivity index (χ3v) is 2.41. The van der Waals surface area contributed by atoms with Gasteiger partial charge in [0.1, 0.15) is 17.2 Å². The van der Waals surface area contributed by atoms with E-state index in [0.717, 1.165) is 0 Å². The lowest BCUT2D eigenvalue weighted by Crippen LogP contribution is -2.04. The second-order valence-electron chi connectivity index (χ2n) is 3.70. The molecule has 0 bridgehead atoms. The van der Waals surface area contributed by atoms with Gasteiger partial charge in [-0.2, -0.15) is 0 Å². The Balaban J connectivity index is 2.07. The first-order chi connectivity index (χ1) is 8.19. The molecule has 1 aromatic heterocycles. The van der Waals surface area contributed by atoms with Crippen molar-refractivity contribution in [3.05, 3.63) is 35.8 Å². The van der Waals surface area contributed by atoms with Crippen molar-refractivity contribution in [2.45, 2.75) is 19.8 Å². The largest absolute Gasteiger partial charge is 0.466 e. The molecule has 0 saturated carbocycles. The van der Waals surface area contributed by atoms with Gasteiger partial charge in [-0.25, -0.2) is 4.39 Å². The molecule has 17 heavy (non-hydrogen) atoms. The van der Waals surface area contributed by atoms with Crippen LogP contribution in [0, 0.1) is 5.82 Å². The minimum atomic E-state index is -0.296. The molecule has 0 fully saturated rings. The Morgan fingerprint density at radius 2 is 2.24 bits per heavy atom. The number of fused-ring (bicyclic) bond motifs is 1. The number of esters is 1. The maximum absolute atomic E-state index is 12.9. The summed E-state index contributed by atoms with van der Waals surface area (Å²) in [6, 6.07) is 6.09. The van der Waals surface area contributed by atoms with Gasteiger partial charge in [0.05, 0.1) is 13.0 Å². The van der Waals surface area contributed by atoms with Crippen molar-refractivity contribution in [2.75, 3.05) is 6.61 Å². The maximum Gasteiger partial charge on any atom is 0.306 e. The average molecular weight is 236 g/mol. The Hall–Kier alpha value is -1.84. The second kappa shape index (κ2) is 4.99. The number of halogens is 1. The fourth-order valence-electron chi connectivity index (χ4n) is 1.65. The van der Waals surface area contributed by atoms with Crippen molar-refractivity contribution in [3.8, 4) is 0 Å². The summed E-state index contributed by atoms with van der Waals surface area (Å²) in [6.07, 6.45) is 0.741. The fourth-order valence-corrected chi connectivity index (χ4v) is 1.65. The van der Waals surface area contributed by atoms with Gasteiger partial charge in [0, 0.05) is 11.8 Å². The molecule has 0 aliphatic heterocycles. The van der Waals surface area contributed by atoms with Crippen molar-refractivity contribution in [1.82, 2.24) is 0 Å². The van der Waals surface area contributed by atoms with E-state index in [1.165, 1.54) is 12.1 Å². The number of hydrogen-bond donors (Lipinski definition) is 0. The van der Waals surface area contributed by atoms with Crippen LogP contribution in [0.4, 0.5) is 4.39 Å². The summed E-state index contributed by atoms with van der Waals surface area (Å²) in [6.45, 7) is 2.14. The van der Waals surface area contributed by atoms with Crippen LogP contribution in [-0.4, -0.2) is 12.6 Å². The number of furan rings is 1. The first-order valence-electron chi connectivity index (χ1n) is 5.52. The lowest BCUT2D eigenvalue weighted by atomic mass is 10.2. The summed E-state index contributed by atoms with van der Waals surface area (Å²) in [5.41, 5.74) is 0.630. The second-order valence-corrected chi connectivity index (χ2v) is 3.70. The van der Waals surface area contributed by atoms with Gasteiger partial charge in [-0.1, -0.05) is 0 Å². The average Bonchev–Trinajstić information content (AvgIpc) is 2.68. The molecule has 0 atom stereocenters. The van der Waals surface area contributed by atoms with Crippen LogP contribution < -0.4 is 0 Å². The zero-order valence-corrected chi connectivity index (χ0v) is 9.53. The highest BCUT2D eigenvalue weighted by atomic mass is 19.1. The van der Waals surface area contributed by atoms with Gasteiger partial charge in [-0.05, 0) is 31.2 Å². The van der Waals surface area contributed by atoms with Crippen molar-refractivity contribution in [2.24, 2.45) is 0 Å². The van der Waals surface area contributed by atoms with Gasteiger partial charge < -0.3 is 9.15 Å². The Morgan fingerprint density at radius 3 is 3.00 bits per heavy atom. The summed E-state index contributed by atoms with van der Waals surface area (Å²) in [7, 11) is 0. The van der Waals surface area contributed by atoms with Gasteiger partial charge in [0.15, 0.2) is 0 Å². The van der Waals surface area contributed by atoms with E-state index >= 15 is 0 Å².